The van der Waals surface area contributed by atoms with Gasteiger partial charge in [0.2, 0.25) is 0 Å². The Balaban J connectivity index is 0.000000500. The third-order valence-corrected chi connectivity index (χ3v) is 1.10. The Morgan fingerprint density at radius 2 is 2.09 bits per heavy atom. The summed E-state index contributed by atoms with van der Waals surface area (Å²) in [6.07, 6.45) is 4.75. The van der Waals surface area contributed by atoms with E-state index in [1.165, 1.54) is 6.33 Å². The molecular weight excluding hydrogens is 220 g/mol. The summed E-state index contributed by atoms with van der Waals surface area (Å²) < 4.78 is 0. The topological polar surface area (TPSA) is 54.5 Å². The summed E-state index contributed by atoms with van der Waals surface area (Å²) in [6.45, 7) is 0. The molecular formula is C5H7BrMgN4. The maximum absolute atomic E-state index is 3.94. The van der Waals surface area contributed by atoms with Crippen molar-refractivity contribution in [1.29, 1.82) is 0 Å². The van der Waals surface area contributed by atoms with Gasteiger partial charge in [0, 0.05) is 0 Å². The SMILES string of the molecule is Br.[MgH2].c1ncc2nc[nH]c2n1. The number of imidazole rings is 1. The highest BCUT2D eigenvalue weighted by Crippen LogP contribution is 1.99. The van der Waals surface area contributed by atoms with Gasteiger partial charge in [-0.1, -0.05) is 0 Å². The number of rotatable bonds is 0. The lowest BCUT2D eigenvalue weighted by Gasteiger charge is -1.80. The fraction of sp³-hybridized carbons (Fsp3) is 0. The first-order valence-corrected chi connectivity index (χ1v) is 2.56. The maximum Gasteiger partial charge on any atom is 0.316 e. The molecule has 0 radical (unpaired) electrons. The van der Waals surface area contributed by atoms with E-state index in [0.717, 1.165) is 11.2 Å². The van der Waals surface area contributed by atoms with Crippen LogP contribution in [0.1, 0.15) is 0 Å². The Morgan fingerprint density at radius 1 is 1.27 bits per heavy atom. The number of aromatic nitrogens is 4. The quantitative estimate of drug-likeness (QED) is 0.645. The van der Waals surface area contributed by atoms with E-state index >= 15 is 0 Å². The summed E-state index contributed by atoms with van der Waals surface area (Å²) in [7, 11) is 0. The molecule has 0 atom stereocenters. The van der Waals surface area contributed by atoms with E-state index < -0.39 is 0 Å². The summed E-state index contributed by atoms with van der Waals surface area (Å²) in [5.41, 5.74) is 1.59. The van der Waals surface area contributed by atoms with Crippen LogP contribution in [-0.2, 0) is 0 Å². The van der Waals surface area contributed by atoms with Gasteiger partial charge in [-0.25, -0.2) is 15.0 Å². The van der Waals surface area contributed by atoms with E-state index in [-0.39, 0.29) is 40.0 Å². The van der Waals surface area contributed by atoms with E-state index in [1.54, 1.807) is 12.5 Å². The molecule has 2 heterocycles. The zero-order chi connectivity index (χ0) is 6.10. The molecule has 0 amide bonds. The van der Waals surface area contributed by atoms with Gasteiger partial charge in [-0.2, -0.15) is 0 Å². The highest BCUT2D eigenvalue weighted by molar-refractivity contribution is 8.93. The average Bonchev–Trinajstić information content (AvgIpc) is 2.33. The minimum absolute atomic E-state index is 0. The number of nitrogens with one attached hydrogen (secondary N) is 1. The first-order chi connectivity index (χ1) is 4.47. The van der Waals surface area contributed by atoms with Crippen molar-refractivity contribution in [3.05, 3.63) is 18.9 Å². The lowest BCUT2D eigenvalue weighted by atomic mass is 10.6. The summed E-state index contributed by atoms with van der Waals surface area (Å²) in [4.78, 5) is 14.5. The standard InChI is InChI=1S/C5H4N4.BrH.Mg.2H/c1-4-5(8-2-6-1)9-3-7-4;;;;/h1-3H,(H,6,7,8,9);1H;;;. The zero-order valence-electron chi connectivity index (χ0n) is 4.98. The van der Waals surface area contributed by atoms with Crippen molar-refractivity contribution in [3.63, 3.8) is 0 Å². The first kappa shape index (κ1) is 10.8. The van der Waals surface area contributed by atoms with Crippen LogP contribution in [0.4, 0.5) is 0 Å². The lowest BCUT2D eigenvalue weighted by molar-refractivity contribution is 1.20. The highest BCUT2D eigenvalue weighted by Gasteiger charge is 1.91. The Morgan fingerprint density at radius 3 is 2.82 bits per heavy atom. The molecule has 1 N–H and O–H groups in total. The average molecular weight is 227 g/mol. The monoisotopic (exact) mass is 226 g/mol. The van der Waals surface area contributed by atoms with Gasteiger partial charge in [0.05, 0.1) is 12.5 Å². The first-order valence-electron chi connectivity index (χ1n) is 2.56. The van der Waals surface area contributed by atoms with Crippen molar-refractivity contribution < 1.29 is 0 Å². The molecule has 0 aromatic carbocycles. The van der Waals surface area contributed by atoms with Gasteiger partial charge in [0.15, 0.2) is 5.65 Å². The predicted molar refractivity (Wildman–Crippen MR) is 50.5 cm³/mol. The van der Waals surface area contributed by atoms with E-state index in [4.69, 9.17) is 0 Å². The molecule has 2 rings (SSSR count). The van der Waals surface area contributed by atoms with Gasteiger partial charge in [0.25, 0.3) is 0 Å². The fourth-order valence-electron chi connectivity index (χ4n) is 0.691. The third kappa shape index (κ3) is 2.11. The van der Waals surface area contributed by atoms with Crippen LogP contribution in [0.25, 0.3) is 11.2 Å². The minimum atomic E-state index is 0. The molecule has 0 saturated heterocycles. The van der Waals surface area contributed by atoms with Gasteiger partial charge in [0.1, 0.15) is 11.8 Å². The van der Waals surface area contributed by atoms with Crippen molar-refractivity contribution in [2.24, 2.45) is 0 Å². The van der Waals surface area contributed by atoms with Gasteiger partial charge >= 0.3 is 23.1 Å². The second-order valence-corrected chi connectivity index (χ2v) is 1.66. The van der Waals surface area contributed by atoms with Crippen LogP contribution in [0.15, 0.2) is 18.9 Å². The van der Waals surface area contributed by atoms with E-state index in [2.05, 4.69) is 19.9 Å². The summed E-state index contributed by atoms with van der Waals surface area (Å²) >= 11 is 0. The molecule has 0 aliphatic carbocycles. The van der Waals surface area contributed by atoms with Crippen LogP contribution in [0, 0.1) is 0 Å². The van der Waals surface area contributed by atoms with Crippen molar-refractivity contribution in [3.8, 4) is 0 Å². The van der Waals surface area contributed by atoms with Crippen molar-refractivity contribution in [1.82, 2.24) is 19.9 Å². The molecule has 0 saturated carbocycles. The molecule has 6 heteroatoms. The molecule has 4 nitrogen and oxygen atoms in total. The zero-order valence-corrected chi connectivity index (χ0v) is 6.70. The Bertz CT molecular complexity index is 292. The Kier molecular flexibility index (Phi) is 4.54. The van der Waals surface area contributed by atoms with E-state index in [1.807, 2.05) is 0 Å². The molecule has 0 bridgehead atoms. The lowest BCUT2D eigenvalue weighted by Crippen LogP contribution is -1.76. The van der Waals surface area contributed by atoms with Crippen molar-refractivity contribution >= 4 is 51.2 Å². The number of fused-ring (bicyclic) bond motifs is 1. The van der Waals surface area contributed by atoms with Gasteiger partial charge in [-0.15, -0.1) is 17.0 Å². The maximum atomic E-state index is 3.94. The molecule has 2 aromatic rings. The summed E-state index contributed by atoms with van der Waals surface area (Å²) in [6, 6.07) is 0. The second kappa shape index (κ2) is 4.63. The molecule has 11 heavy (non-hydrogen) atoms. The smallest absolute Gasteiger partial charge is 0.316 e. The van der Waals surface area contributed by atoms with Crippen LogP contribution < -0.4 is 0 Å². The molecule has 0 aliphatic rings. The number of hydrogen-bond acceptors (Lipinski definition) is 3. The third-order valence-electron chi connectivity index (χ3n) is 1.10. The van der Waals surface area contributed by atoms with Gasteiger partial charge in [-0.05, 0) is 0 Å². The number of nitrogens with zero attached hydrogens (tertiary/aromatic N) is 3. The second-order valence-electron chi connectivity index (χ2n) is 1.66. The van der Waals surface area contributed by atoms with Crippen molar-refractivity contribution in [2.75, 3.05) is 0 Å². The van der Waals surface area contributed by atoms with Crippen LogP contribution in [0.5, 0.6) is 0 Å². The molecule has 0 aliphatic heterocycles. The number of H-pyrrole nitrogens is 1. The summed E-state index contributed by atoms with van der Waals surface area (Å²) in [5.74, 6) is 0. The van der Waals surface area contributed by atoms with Crippen LogP contribution in [-0.4, -0.2) is 43.0 Å². The number of aromatic amines is 1. The highest BCUT2D eigenvalue weighted by atomic mass is 79.9. The summed E-state index contributed by atoms with van der Waals surface area (Å²) in [5, 5.41) is 0. The molecule has 56 valence electrons. The van der Waals surface area contributed by atoms with Gasteiger partial charge < -0.3 is 4.98 Å². The molecule has 0 unspecified atom stereocenters. The van der Waals surface area contributed by atoms with E-state index in [9.17, 15) is 0 Å². The van der Waals surface area contributed by atoms with Gasteiger partial charge in [-0.3, -0.25) is 0 Å². The molecule has 0 spiro atoms. The predicted octanol–water partition coefficient (Wildman–Crippen LogP) is 0.0146. The van der Waals surface area contributed by atoms with Crippen molar-refractivity contribution in [2.45, 2.75) is 0 Å². The number of hydrogen-bond donors (Lipinski definition) is 1. The normalized spacial score (nSPS) is 8.36. The number of halogens is 1. The molecule has 2 aromatic heterocycles. The van der Waals surface area contributed by atoms with Crippen LogP contribution in [0.2, 0.25) is 0 Å². The largest absolute Gasteiger partial charge is 0.329 e. The van der Waals surface area contributed by atoms with Crippen LogP contribution in [0.3, 0.4) is 0 Å². The van der Waals surface area contributed by atoms with Crippen LogP contribution >= 0.6 is 17.0 Å². The molecule has 0 fully saturated rings. The minimum Gasteiger partial charge on any atom is -0.329 e. The fourth-order valence-corrected chi connectivity index (χ4v) is 0.691. The Labute approximate surface area is 89.8 Å². The Hall–Kier alpha value is -0.204. The van der Waals surface area contributed by atoms with E-state index in [0.29, 0.717) is 0 Å².